The molecule has 0 unspecified atom stereocenters. The second-order valence-electron chi connectivity index (χ2n) is 8.39. The molecule has 0 aliphatic carbocycles. The molecule has 3 aromatic carbocycles. The summed E-state index contributed by atoms with van der Waals surface area (Å²) in [5.74, 6) is 0.0324. The average Bonchev–Trinajstić information content (AvgIpc) is 2.89. The van der Waals surface area contributed by atoms with Gasteiger partial charge in [0.15, 0.2) is 0 Å². The molecule has 3 aromatic rings. The van der Waals surface area contributed by atoms with Crippen molar-refractivity contribution in [2.45, 2.75) is 39.3 Å². The SMILES string of the molecule is CCc1ccccc1NCc1ccc(C(=O)N[C@@H](CCSC)C(=O)OC)c(-c2ccccc2C)c1. The smallest absolute Gasteiger partial charge is 0.328 e. The number of ether oxygens (including phenoxy) is 1. The molecule has 35 heavy (non-hydrogen) atoms. The van der Waals surface area contributed by atoms with Crippen LogP contribution in [-0.4, -0.2) is 37.0 Å². The van der Waals surface area contributed by atoms with Crippen LogP contribution in [0, 0.1) is 6.92 Å². The molecule has 1 atom stereocenters. The molecule has 0 saturated carbocycles. The van der Waals surface area contributed by atoms with Crippen LogP contribution < -0.4 is 10.6 Å². The van der Waals surface area contributed by atoms with Crippen LogP contribution >= 0.6 is 11.8 Å². The monoisotopic (exact) mass is 490 g/mol. The standard InChI is InChI=1S/C29H34N2O3S/c1-5-22-11-7-9-13-26(22)30-19-21-14-15-24(25(18-21)23-12-8-6-10-20(23)2)28(32)31-27(16-17-35-4)29(33)34-3/h6-15,18,27,30H,5,16-17,19H2,1-4H3,(H,31,32)/t27-/m0/s1. The highest BCUT2D eigenvalue weighted by molar-refractivity contribution is 7.98. The summed E-state index contributed by atoms with van der Waals surface area (Å²) in [7, 11) is 1.35. The van der Waals surface area contributed by atoms with Crippen molar-refractivity contribution in [1.82, 2.24) is 5.32 Å². The number of carbonyl (C=O) groups excluding carboxylic acids is 2. The van der Waals surface area contributed by atoms with E-state index in [0.717, 1.165) is 40.1 Å². The molecule has 6 heteroatoms. The van der Waals surface area contributed by atoms with Gasteiger partial charge in [0.2, 0.25) is 0 Å². The predicted octanol–water partition coefficient (Wildman–Crippen LogP) is 5.86. The average molecular weight is 491 g/mol. The Morgan fingerprint density at radius 3 is 2.46 bits per heavy atom. The fourth-order valence-electron chi connectivity index (χ4n) is 4.06. The zero-order chi connectivity index (χ0) is 25.2. The van der Waals surface area contributed by atoms with E-state index < -0.39 is 12.0 Å². The summed E-state index contributed by atoms with van der Waals surface area (Å²) in [5.41, 5.74) is 6.90. The first kappa shape index (κ1) is 26.4. The Morgan fingerprint density at radius 1 is 1.00 bits per heavy atom. The Bertz CT molecular complexity index is 1160. The third-order valence-electron chi connectivity index (χ3n) is 6.05. The maximum absolute atomic E-state index is 13.4. The Morgan fingerprint density at radius 2 is 1.74 bits per heavy atom. The summed E-state index contributed by atoms with van der Waals surface area (Å²) < 4.78 is 4.92. The summed E-state index contributed by atoms with van der Waals surface area (Å²) in [6, 6.07) is 21.5. The van der Waals surface area contributed by atoms with Crippen LogP contribution in [0.2, 0.25) is 0 Å². The van der Waals surface area contributed by atoms with Gasteiger partial charge in [0.1, 0.15) is 6.04 Å². The molecule has 0 aromatic heterocycles. The van der Waals surface area contributed by atoms with Gasteiger partial charge in [0.25, 0.3) is 5.91 Å². The van der Waals surface area contributed by atoms with Crippen molar-refractivity contribution in [2.75, 3.05) is 24.4 Å². The van der Waals surface area contributed by atoms with E-state index in [2.05, 4.69) is 41.8 Å². The van der Waals surface area contributed by atoms with Crippen molar-refractivity contribution >= 4 is 29.3 Å². The lowest BCUT2D eigenvalue weighted by Crippen LogP contribution is -2.42. The molecule has 0 spiro atoms. The van der Waals surface area contributed by atoms with Gasteiger partial charge in [-0.05, 0) is 77.8 Å². The second kappa shape index (κ2) is 13.0. The largest absolute Gasteiger partial charge is 0.467 e. The number of benzene rings is 3. The molecule has 3 rings (SSSR count). The van der Waals surface area contributed by atoms with E-state index in [-0.39, 0.29) is 5.91 Å². The number of thioether (sulfide) groups is 1. The zero-order valence-electron chi connectivity index (χ0n) is 20.9. The molecule has 0 aliphatic rings. The molecular formula is C29H34N2O3S. The van der Waals surface area contributed by atoms with Crippen molar-refractivity contribution in [2.24, 2.45) is 0 Å². The van der Waals surface area contributed by atoms with E-state index in [1.165, 1.54) is 12.7 Å². The number of amides is 1. The maximum atomic E-state index is 13.4. The quantitative estimate of drug-likeness (QED) is 0.330. The third-order valence-corrected chi connectivity index (χ3v) is 6.69. The van der Waals surface area contributed by atoms with Crippen LogP contribution in [-0.2, 0) is 22.5 Å². The number of esters is 1. The molecule has 2 N–H and O–H groups in total. The lowest BCUT2D eigenvalue weighted by atomic mass is 9.93. The highest BCUT2D eigenvalue weighted by atomic mass is 32.2. The number of anilines is 1. The summed E-state index contributed by atoms with van der Waals surface area (Å²) in [6.45, 7) is 4.82. The number of aryl methyl sites for hydroxylation is 2. The third kappa shape index (κ3) is 6.89. The van der Waals surface area contributed by atoms with Gasteiger partial charge in [-0.25, -0.2) is 4.79 Å². The first-order valence-electron chi connectivity index (χ1n) is 11.9. The van der Waals surface area contributed by atoms with E-state index in [9.17, 15) is 9.59 Å². The summed E-state index contributed by atoms with van der Waals surface area (Å²) in [4.78, 5) is 25.6. The van der Waals surface area contributed by atoms with Crippen molar-refractivity contribution in [3.63, 3.8) is 0 Å². The van der Waals surface area contributed by atoms with Crippen LogP contribution in [0.15, 0.2) is 66.7 Å². The lowest BCUT2D eigenvalue weighted by molar-refractivity contribution is -0.142. The van der Waals surface area contributed by atoms with E-state index in [0.29, 0.717) is 18.5 Å². The van der Waals surface area contributed by atoms with Gasteiger partial charge in [0.05, 0.1) is 7.11 Å². The second-order valence-corrected chi connectivity index (χ2v) is 9.38. The number of carbonyl (C=O) groups is 2. The Balaban J connectivity index is 1.93. The van der Waals surface area contributed by atoms with Crippen molar-refractivity contribution in [1.29, 1.82) is 0 Å². The summed E-state index contributed by atoms with van der Waals surface area (Å²) in [6.07, 6.45) is 3.44. The first-order chi connectivity index (χ1) is 17.0. The number of hydrogen-bond acceptors (Lipinski definition) is 5. The normalized spacial score (nSPS) is 11.5. The molecule has 0 bridgehead atoms. The van der Waals surface area contributed by atoms with Crippen LogP contribution in [0.25, 0.3) is 11.1 Å². The van der Waals surface area contributed by atoms with Gasteiger partial charge in [-0.2, -0.15) is 11.8 Å². The summed E-state index contributed by atoms with van der Waals surface area (Å²) in [5, 5.41) is 6.43. The van der Waals surface area contributed by atoms with Gasteiger partial charge >= 0.3 is 5.97 Å². The molecule has 0 radical (unpaired) electrons. The zero-order valence-corrected chi connectivity index (χ0v) is 21.7. The van der Waals surface area contributed by atoms with Crippen LogP contribution in [0.3, 0.4) is 0 Å². The van der Waals surface area contributed by atoms with E-state index in [4.69, 9.17) is 4.74 Å². The van der Waals surface area contributed by atoms with Crippen molar-refractivity contribution < 1.29 is 14.3 Å². The minimum atomic E-state index is -0.684. The van der Waals surface area contributed by atoms with Gasteiger partial charge in [-0.15, -0.1) is 0 Å². The van der Waals surface area contributed by atoms with Gasteiger partial charge in [0, 0.05) is 17.8 Å². The highest BCUT2D eigenvalue weighted by Gasteiger charge is 2.23. The fourth-order valence-corrected chi connectivity index (χ4v) is 4.53. The highest BCUT2D eigenvalue weighted by Crippen LogP contribution is 2.29. The molecule has 184 valence electrons. The Hall–Kier alpha value is -3.25. The van der Waals surface area contributed by atoms with Crippen LogP contribution in [0.5, 0.6) is 0 Å². The molecule has 0 heterocycles. The van der Waals surface area contributed by atoms with E-state index >= 15 is 0 Å². The minimum Gasteiger partial charge on any atom is -0.467 e. The molecule has 0 aliphatic heterocycles. The summed E-state index contributed by atoms with van der Waals surface area (Å²) >= 11 is 1.62. The van der Waals surface area contributed by atoms with Crippen molar-refractivity contribution in [3.8, 4) is 11.1 Å². The van der Waals surface area contributed by atoms with Crippen molar-refractivity contribution in [3.05, 3.63) is 89.0 Å². The molecule has 1 amide bonds. The molecule has 5 nitrogen and oxygen atoms in total. The van der Waals surface area contributed by atoms with E-state index in [1.807, 2.05) is 55.6 Å². The molecular weight excluding hydrogens is 456 g/mol. The Kier molecular flexibility index (Phi) is 9.79. The molecule has 0 fully saturated rings. The van der Waals surface area contributed by atoms with Gasteiger partial charge in [-0.1, -0.05) is 55.5 Å². The van der Waals surface area contributed by atoms with E-state index in [1.54, 1.807) is 11.8 Å². The molecule has 0 saturated heterocycles. The topological polar surface area (TPSA) is 67.4 Å². The maximum Gasteiger partial charge on any atom is 0.328 e. The fraction of sp³-hybridized carbons (Fsp3) is 0.310. The Labute approximate surface area is 212 Å². The number of nitrogens with one attached hydrogen (secondary N) is 2. The number of rotatable bonds is 11. The number of methoxy groups -OCH3 is 1. The minimum absolute atomic E-state index is 0.282. The van der Waals surface area contributed by atoms with Gasteiger partial charge < -0.3 is 15.4 Å². The van der Waals surface area contributed by atoms with Crippen LogP contribution in [0.1, 0.15) is 40.4 Å². The number of para-hydroxylation sites is 1. The van der Waals surface area contributed by atoms with Crippen LogP contribution in [0.4, 0.5) is 5.69 Å². The lowest BCUT2D eigenvalue weighted by Gasteiger charge is -2.19. The number of hydrogen-bond donors (Lipinski definition) is 2. The predicted molar refractivity (Wildman–Crippen MR) is 146 cm³/mol. The first-order valence-corrected chi connectivity index (χ1v) is 13.3. The van der Waals surface area contributed by atoms with Gasteiger partial charge in [-0.3, -0.25) is 4.79 Å².